The maximum absolute atomic E-state index is 12.4. The summed E-state index contributed by atoms with van der Waals surface area (Å²) in [5.41, 5.74) is 8.39. The van der Waals surface area contributed by atoms with Gasteiger partial charge in [0.15, 0.2) is 5.69 Å². The van der Waals surface area contributed by atoms with Gasteiger partial charge in [0.1, 0.15) is 0 Å². The standard InChI is InChI=1S/C16H15N5O/c1-11-15(19-18-13-9-7-12(17)8-10-13)16(22)21(20-11)14-5-3-2-4-6-14/h2-10,20H,17H2,1H3. The predicted molar refractivity (Wildman–Crippen MR) is 86.2 cm³/mol. The quantitative estimate of drug-likeness (QED) is 0.572. The molecule has 1 heterocycles. The van der Waals surface area contributed by atoms with Crippen LogP contribution in [0.1, 0.15) is 5.69 Å². The highest BCUT2D eigenvalue weighted by molar-refractivity contribution is 5.48. The number of rotatable bonds is 3. The van der Waals surface area contributed by atoms with Crippen molar-refractivity contribution in [1.29, 1.82) is 0 Å². The molecule has 0 radical (unpaired) electrons. The normalized spacial score (nSPS) is 11.1. The van der Waals surface area contributed by atoms with Crippen molar-refractivity contribution in [1.82, 2.24) is 9.78 Å². The van der Waals surface area contributed by atoms with Crippen molar-refractivity contribution in [2.24, 2.45) is 10.2 Å². The number of anilines is 1. The summed E-state index contributed by atoms with van der Waals surface area (Å²) in [7, 11) is 0. The number of benzene rings is 2. The predicted octanol–water partition coefficient (Wildman–Crippen LogP) is 3.47. The molecule has 6 heteroatoms. The fourth-order valence-electron chi connectivity index (χ4n) is 2.06. The number of nitrogen functional groups attached to an aromatic ring is 1. The van der Waals surface area contributed by atoms with Crippen LogP contribution in [0.25, 0.3) is 5.69 Å². The average molecular weight is 293 g/mol. The number of H-pyrrole nitrogens is 1. The summed E-state index contributed by atoms with van der Waals surface area (Å²) in [5, 5.41) is 11.2. The highest BCUT2D eigenvalue weighted by atomic mass is 16.1. The first-order chi connectivity index (χ1) is 10.6. The molecule has 0 saturated carbocycles. The van der Waals surface area contributed by atoms with Crippen LogP contribution in [-0.4, -0.2) is 9.78 Å². The number of nitrogens with two attached hydrogens (primary N) is 1. The smallest absolute Gasteiger partial charge is 0.299 e. The molecule has 110 valence electrons. The van der Waals surface area contributed by atoms with Crippen LogP contribution in [0.15, 0.2) is 69.6 Å². The van der Waals surface area contributed by atoms with Gasteiger partial charge in [-0.3, -0.25) is 9.89 Å². The van der Waals surface area contributed by atoms with E-state index in [1.807, 2.05) is 30.3 Å². The molecule has 3 N–H and O–H groups in total. The summed E-state index contributed by atoms with van der Waals surface area (Å²) in [6.45, 7) is 1.79. The van der Waals surface area contributed by atoms with Crippen LogP contribution in [0, 0.1) is 6.92 Å². The van der Waals surface area contributed by atoms with E-state index >= 15 is 0 Å². The van der Waals surface area contributed by atoms with E-state index in [-0.39, 0.29) is 5.56 Å². The van der Waals surface area contributed by atoms with E-state index in [0.717, 1.165) is 5.69 Å². The van der Waals surface area contributed by atoms with E-state index < -0.39 is 0 Å². The minimum absolute atomic E-state index is 0.233. The van der Waals surface area contributed by atoms with E-state index in [0.29, 0.717) is 22.8 Å². The zero-order valence-electron chi connectivity index (χ0n) is 12.0. The summed E-state index contributed by atoms with van der Waals surface area (Å²) in [6.07, 6.45) is 0. The van der Waals surface area contributed by atoms with Crippen molar-refractivity contribution >= 4 is 17.1 Å². The molecule has 0 aliphatic carbocycles. The molecule has 0 fully saturated rings. The maximum atomic E-state index is 12.4. The number of azo groups is 1. The van der Waals surface area contributed by atoms with Crippen molar-refractivity contribution in [3.63, 3.8) is 0 Å². The minimum Gasteiger partial charge on any atom is -0.399 e. The fourth-order valence-corrected chi connectivity index (χ4v) is 2.06. The van der Waals surface area contributed by atoms with Crippen LogP contribution in [-0.2, 0) is 0 Å². The van der Waals surface area contributed by atoms with Gasteiger partial charge in [-0.15, -0.1) is 5.11 Å². The molecule has 1 aromatic heterocycles. The molecule has 0 unspecified atom stereocenters. The topological polar surface area (TPSA) is 88.5 Å². The van der Waals surface area contributed by atoms with Gasteiger partial charge >= 0.3 is 0 Å². The highest BCUT2D eigenvalue weighted by Gasteiger charge is 2.11. The van der Waals surface area contributed by atoms with Crippen molar-refractivity contribution in [2.75, 3.05) is 5.73 Å². The molecule has 6 nitrogen and oxygen atoms in total. The van der Waals surface area contributed by atoms with E-state index in [2.05, 4.69) is 15.3 Å². The lowest BCUT2D eigenvalue weighted by Gasteiger charge is -1.99. The van der Waals surface area contributed by atoms with E-state index in [1.165, 1.54) is 4.68 Å². The Bertz CT molecular complexity index is 860. The molecule has 3 aromatic rings. The summed E-state index contributed by atoms with van der Waals surface area (Å²) in [6, 6.07) is 16.3. The van der Waals surface area contributed by atoms with E-state index in [9.17, 15) is 4.79 Å². The van der Waals surface area contributed by atoms with Crippen LogP contribution in [0.4, 0.5) is 17.1 Å². The number of aromatic nitrogens is 2. The molecule has 0 amide bonds. The third-order valence-electron chi connectivity index (χ3n) is 3.21. The van der Waals surface area contributed by atoms with Crippen LogP contribution in [0.2, 0.25) is 0 Å². The Hall–Kier alpha value is -3.15. The summed E-state index contributed by atoms with van der Waals surface area (Å²) >= 11 is 0. The molecule has 0 saturated heterocycles. The number of para-hydroxylation sites is 1. The Kier molecular flexibility index (Phi) is 3.57. The van der Waals surface area contributed by atoms with Crippen LogP contribution < -0.4 is 11.3 Å². The van der Waals surface area contributed by atoms with E-state index in [1.54, 1.807) is 31.2 Å². The lowest BCUT2D eigenvalue weighted by atomic mass is 10.3. The van der Waals surface area contributed by atoms with Gasteiger partial charge in [0.05, 0.1) is 17.1 Å². The summed E-state index contributed by atoms with van der Waals surface area (Å²) in [4.78, 5) is 12.4. The van der Waals surface area contributed by atoms with Crippen LogP contribution in [0.3, 0.4) is 0 Å². The molecule has 0 aliphatic rings. The number of aromatic amines is 1. The zero-order chi connectivity index (χ0) is 15.5. The van der Waals surface area contributed by atoms with Gasteiger partial charge in [0, 0.05) is 5.69 Å². The molecule has 22 heavy (non-hydrogen) atoms. The van der Waals surface area contributed by atoms with Gasteiger partial charge in [-0.1, -0.05) is 18.2 Å². The zero-order valence-corrected chi connectivity index (χ0v) is 12.0. The number of hydrogen-bond donors (Lipinski definition) is 2. The second-order valence-electron chi connectivity index (χ2n) is 4.85. The molecule has 0 atom stereocenters. The largest absolute Gasteiger partial charge is 0.399 e. The molecular formula is C16H15N5O. The van der Waals surface area contributed by atoms with Crippen molar-refractivity contribution < 1.29 is 0 Å². The first kappa shape index (κ1) is 13.8. The van der Waals surface area contributed by atoms with E-state index in [4.69, 9.17) is 5.73 Å². The SMILES string of the molecule is Cc1[nH]n(-c2ccccc2)c(=O)c1N=Nc1ccc(N)cc1. The number of hydrogen-bond acceptors (Lipinski definition) is 4. The second-order valence-corrected chi connectivity index (χ2v) is 4.85. The van der Waals surface area contributed by atoms with Gasteiger partial charge in [-0.2, -0.15) is 5.11 Å². The fraction of sp³-hybridized carbons (Fsp3) is 0.0625. The Morgan fingerprint density at radius 3 is 2.36 bits per heavy atom. The van der Waals surface area contributed by atoms with Gasteiger partial charge in [0.2, 0.25) is 0 Å². The Morgan fingerprint density at radius 1 is 1.00 bits per heavy atom. The Balaban J connectivity index is 1.97. The molecule has 2 aromatic carbocycles. The lowest BCUT2D eigenvalue weighted by molar-refractivity contribution is 0.835. The lowest BCUT2D eigenvalue weighted by Crippen LogP contribution is -2.13. The number of nitrogens with one attached hydrogen (secondary N) is 1. The number of nitrogens with zero attached hydrogens (tertiary/aromatic N) is 3. The highest BCUT2D eigenvalue weighted by Crippen LogP contribution is 2.19. The number of aryl methyl sites for hydroxylation is 1. The third-order valence-corrected chi connectivity index (χ3v) is 3.21. The Morgan fingerprint density at radius 2 is 1.68 bits per heavy atom. The molecule has 3 rings (SSSR count). The van der Waals surface area contributed by atoms with Gasteiger partial charge in [-0.25, -0.2) is 4.68 Å². The maximum Gasteiger partial charge on any atom is 0.299 e. The monoisotopic (exact) mass is 293 g/mol. The van der Waals surface area contributed by atoms with Gasteiger partial charge in [0.25, 0.3) is 5.56 Å². The molecule has 0 spiro atoms. The first-order valence-electron chi connectivity index (χ1n) is 6.79. The molecule has 0 aliphatic heterocycles. The third kappa shape index (κ3) is 2.67. The summed E-state index contributed by atoms with van der Waals surface area (Å²) < 4.78 is 1.45. The van der Waals surface area contributed by atoms with Crippen LogP contribution in [0.5, 0.6) is 0 Å². The average Bonchev–Trinajstić information content (AvgIpc) is 2.82. The summed E-state index contributed by atoms with van der Waals surface area (Å²) in [5.74, 6) is 0. The Labute approximate surface area is 126 Å². The molecular weight excluding hydrogens is 278 g/mol. The van der Waals surface area contributed by atoms with Crippen molar-refractivity contribution in [3.8, 4) is 5.69 Å². The first-order valence-corrected chi connectivity index (χ1v) is 6.79. The second kappa shape index (κ2) is 5.69. The van der Waals surface area contributed by atoms with Crippen LogP contribution >= 0.6 is 0 Å². The van der Waals surface area contributed by atoms with Crippen molar-refractivity contribution in [2.45, 2.75) is 6.92 Å². The minimum atomic E-state index is -0.233. The van der Waals surface area contributed by atoms with Gasteiger partial charge < -0.3 is 5.73 Å². The van der Waals surface area contributed by atoms with Crippen molar-refractivity contribution in [3.05, 3.63) is 70.6 Å². The van der Waals surface area contributed by atoms with Gasteiger partial charge in [-0.05, 0) is 43.3 Å². The molecule has 0 bridgehead atoms.